The number of hydrogen-bond acceptors (Lipinski definition) is 4. The van der Waals surface area contributed by atoms with E-state index in [1.54, 1.807) is 0 Å². The van der Waals surface area contributed by atoms with Gasteiger partial charge < -0.3 is 11.1 Å². The van der Waals surface area contributed by atoms with E-state index in [1.165, 1.54) is 17.3 Å². The Morgan fingerprint density at radius 3 is 2.76 bits per heavy atom. The van der Waals surface area contributed by atoms with Crippen molar-refractivity contribution in [3.8, 4) is 0 Å². The molecule has 0 saturated carbocycles. The van der Waals surface area contributed by atoms with Crippen LogP contribution in [0.3, 0.4) is 0 Å². The molecule has 1 fully saturated rings. The highest BCUT2D eigenvalue weighted by Crippen LogP contribution is 2.24. The minimum atomic E-state index is -3.91. The molecule has 1 heterocycles. The van der Waals surface area contributed by atoms with E-state index in [2.05, 4.69) is 5.32 Å². The van der Waals surface area contributed by atoms with Gasteiger partial charge >= 0.3 is 0 Å². The second-order valence-electron chi connectivity index (χ2n) is 5.09. The second-order valence-corrected chi connectivity index (χ2v) is 7.00. The van der Waals surface area contributed by atoms with Crippen molar-refractivity contribution in [2.75, 3.05) is 18.4 Å². The molecule has 1 aromatic carbocycles. The number of carbonyl (C=O) groups excluding carboxylic acids is 1. The van der Waals surface area contributed by atoms with Crippen LogP contribution in [0.15, 0.2) is 23.1 Å². The van der Waals surface area contributed by atoms with Gasteiger partial charge in [0.2, 0.25) is 15.9 Å². The van der Waals surface area contributed by atoms with E-state index in [4.69, 9.17) is 5.73 Å². The van der Waals surface area contributed by atoms with Gasteiger partial charge in [0.15, 0.2) is 0 Å². The van der Waals surface area contributed by atoms with Crippen molar-refractivity contribution in [3.05, 3.63) is 24.0 Å². The lowest BCUT2D eigenvalue weighted by molar-refractivity contribution is -0.114. The molecule has 1 atom stereocenters. The monoisotopic (exact) mass is 315 g/mol. The molecule has 1 aliphatic rings. The van der Waals surface area contributed by atoms with Gasteiger partial charge in [0, 0.05) is 31.7 Å². The average molecular weight is 315 g/mol. The third-order valence-electron chi connectivity index (χ3n) is 3.29. The number of nitrogens with one attached hydrogen (secondary N) is 1. The van der Waals surface area contributed by atoms with Crippen molar-refractivity contribution in [3.63, 3.8) is 0 Å². The number of amides is 1. The Morgan fingerprint density at radius 2 is 2.19 bits per heavy atom. The van der Waals surface area contributed by atoms with Gasteiger partial charge in [0.1, 0.15) is 10.7 Å². The van der Waals surface area contributed by atoms with Crippen LogP contribution < -0.4 is 11.1 Å². The lowest BCUT2D eigenvalue weighted by atomic mass is 10.1. The molecule has 0 bridgehead atoms. The van der Waals surface area contributed by atoms with Crippen LogP contribution in [-0.4, -0.2) is 37.8 Å². The SMILES string of the molecule is CC(=O)Nc1ccc(S(=O)(=O)N2CCCC(N)C2)c(F)c1. The summed E-state index contributed by atoms with van der Waals surface area (Å²) in [5.74, 6) is -1.24. The van der Waals surface area contributed by atoms with Crippen molar-refractivity contribution in [1.29, 1.82) is 0 Å². The molecule has 1 aromatic rings. The van der Waals surface area contributed by atoms with Gasteiger partial charge in [0.25, 0.3) is 0 Å². The first-order valence-electron chi connectivity index (χ1n) is 6.63. The number of benzene rings is 1. The zero-order valence-corrected chi connectivity index (χ0v) is 12.5. The predicted molar refractivity (Wildman–Crippen MR) is 76.7 cm³/mol. The molecule has 0 radical (unpaired) electrons. The molecule has 1 amide bonds. The highest BCUT2D eigenvalue weighted by molar-refractivity contribution is 7.89. The summed E-state index contributed by atoms with van der Waals surface area (Å²) in [6.45, 7) is 1.82. The van der Waals surface area contributed by atoms with E-state index < -0.39 is 20.7 Å². The maximum Gasteiger partial charge on any atom is 0.246 e. The number of anilines is 1. The molecule has 0 aromatic heterocycles. The Morgan fingerprint density at radius 1 is 1.48 bits per heavy atom. The minimum absolute atomic E-state index is 0.190. The second kappa shape index (κ2) is 6.08. The third-order valence-corrected chi connectivity index (χ3v) is 5.19. The smallest absolute Gasteiger partial charge is 0.246 e. The van der Waals surface area contributed by atoms with Gasteiger partial charge in [-0.25, -0.2) is 12.8 Å². The topological polar surface area (TPSA) is 92.5 Å². The van der Waals surface area contributed by atoms with Gasteiger partial charge in [0.05, 0.1) is 0 Å². The van der Waals surface area contributed by atoms with Gasteiger partial charge in [-0.15, -0.1) is 0 Å². The summed E-state index contributed by atoms with van der Waals surface area (Å²) < 4.78 is 40.1. The summed E-state index contributed by atoms with van der Waals surface area (Å²) >= 11 is 0. The van der Waals surface area contributed by atoms with Gasteiger partial charge in [-0.05, 0) is 31.0 Å². The molecule has 0 spiro atoms. The van der Waals surface area contributed by atoms with Crippen molar-refractivity contribution in [2.45, 2.75) is 30.7 Å². The van der Waals surface area contributed by atoms with Crippen molar-refractivity contribution in [2.24, 2.45) is 5.73 Å². The van der Waals surface area contributed by atoms with E-state index in [-0.39, 0.29) is 24.2 Å². The van der Waals surface area contributed by atoms with E-state index in [0.717, 1.165) is 18.6 Å². The number of piperidine rings is 1. The maximum absolute atomic E-state index is 14.1. The molecule has 1 unspecified atom stereocenters. The fraction of sp³-hybridized carbons (Fsp3) is 0.462. The summed E-state index contributed by atoms with van der Waals surface area (Å²) in [6.07, 6.45) is 1.42. The van der Waals surface area contributed by atoms with E-state index in [0.29, 0.717) is 13.0 Å². The Kier molecular flexibility index (Phi) is 4.60. The van der Waals surface area contributed by atoms with Crippen molar-refractivity contribution in [1.82, 2.24) is 4.31 Å². The highest BCUT2D eigenvalue weighted by Gasteiger charge is 2.31. The summed E-state index contributed by atoms with van der Waals surface area (Å²) in [5.41, 5.74) is 5.99. The predicted octanol–water partition coefficient (Wildman–Crippen LogP) is 0.896. The van der Waals surface area contributed by atoms with Crippen molar-refractivity contribution >= 4 is 21.6 Å². The number of rotatable bonds is 3. The fourth-order valence-electron chi connectivity index (χ4n) is 2.32. The van der Waals surface area contributed by atoms with Crippen LogP contribution in [0.2, 0.25) is 0 Å². The molecule has 6 nitrogen and oxygen atoms in total. The summed E-state index contributed by atoms with van der Waals surface area (Å²) in [7, 11) is -3.91. The van der Waals surface area contributed by atoms with Crippen LogP contribution in [0.1, 0.15) is 19.8 Å². The average Bonchev–Trinajstić information content (AvgIpc) is 2.37. The van der Waals surface area contributed by atoms with Crippen LogP contribution in [0, 0.1) is 5.82 Å². The Labute approximate surface area is 123 Å². The van der Waals surface area contributed by atoms with Crippen molar-refractivity contribution < 1.29 is 17.6 Å². The lowest BCUT2D eigenvalue weighted by Gasteiger charge is -2.30. The third kappa shape index (κ3) is 3.58. The molecular weight excluding hydrogens is 297 g/mol. The zero-order valence-electron chi connectivity index (χ0n) is 11.7. The first-order valence-corrected chi connectivity index (χ1v) is 8.07. The number of carbonyl (C=O) groups is 1. The maximum atomic E-state index is 14.1. The number of nitrogens with zero attached hydrogens (tertiary/aromatic N) is 1. The van der Waals surface area contributed by atoms with E-state index in [1.807, 2.05) is 0 Å². The normalized spacial score (nSPS) is 20.2. The lowest BCUT2D eigenvalue weighted by Crippen LogP contribution is -2.45. The minimum Gasteiger partial charge on any atom is -0.327 e. The van der Waals surface area contributed by atoms with Crippen LogP contribution in [0.4, 0.5) is 10.1 Å². The Balaban J connectivity index is 2.29. The molecule has 1 saturated heterocycles. The van der Waals surface area contributed by atoms with Crippen LogP contribution in [0.5, 0.6) is 0 Å². The number of nitrogens with two attached hydrogens (primary N) is 1. The fourth-order valence-corrected chi connectivity index (χ4v) is 3.90. The first-order chi connectivity index (χ1) is 9.80. The molecule has 0 aliphatic carbocycles. The number of hydrogen-bond donors (Lipinski definition) is 2. The highest BCUT2D eigenvalue weighted by atomic mass is 32.2. The molecule has 2 rings (SSSR count). The van der Waals surface area contributed by atoms with E-state index >= 15 is 0 Å². The van der Waals surface area contributed by atoms with Crippen LogP contribution >= 0.6 is 0 Å². The first kappa shape index (κ1) is 15.9. The summed E-state index contributed by atoms with van der Waals surface area (Å²) in [4.78, 5) is 10.5. The van der Waals surface area contributed by atoms with Crippen LogP contribution in [-0.2, 0) is 14.8 Å². The summed E-state index contributed by atoms with van der Waals surface area (Å²) in [5, 5.41) is 2.40. The molecular formula is C13H18FN3O3S. The molecule has 116 valence electrons. The number of halogens is 1. The Bertz CT molecular complexity index is 648. The Hall–Kier alpha value is -1.51. The van der Waals surface area contributed by atoms with Crippen LogP contribution in [0.25, 0.3) is 0 Å². The molecule has 3 N–H and O–H groups in total. The number of sulfonamides is 1. The standard InChI is InChI=1S/C13H18FN3O3S/c1-9(18)16-11-4-5-13(12(14)7-11)21(19,20)17-6-2-3-10(15)8-17/h4-5,7,10H,2-3,6,8,15H2,1H3,(H,16,18). The molecule has 21 heavy (non-hydrogen) atoms. The van der Waals surface area contributed by atoms with Gasteiger partial charge in [-0.1, -0.05) is 0 Å². The van der Waals surface area contributed by atoms with E-state index in [9.17, 15) is 17.6 Å². The van der Waals surface area contributed by atoms with Gasteiger partial charge in [-0.2, -0.15) is 4.31 Å². The zero-order chi connectivity index (χ0) is 15.6. The molecule has 1 aliphatic heterocycles. The summed E-state index contributed by atoms with van der Waals surface area (Å²) in [6, 6.07) is 3.30. The molecule has 8 heteroatoms. The van der Waals surface area contributed by atoms with Gasteiger partial charge in [-0.3, -0.25) is 4.79 Å². The quantitative estimate of drug-likeness (QED) is 0.866. The largest absolute Gasteiger partial charge is 0.327 e.